The zero-order valence-electron chi connectivity index (χ0n) is 25.8. The molecule has 0 N–H and O–H groups in total. The molecule has 0 aliphatic heterocycles. The molecule has 0 saturated carbocycles. The Morgan fingerprint density at radius 1 is 0.605 bits per heavy atom. The molecular weight excluding hydrogens is 603 g/mol. The Balaban J connectivity index is -0.000000225. The summed E-state index contributed by atoms with van der Waals surface area (Å²) in [7, 11) is 0.100. The summed E-state index contributed by atoms with van der Waals surface area (Å²) in [5.41, 5.74) is 8.79. The average molecular weight is 656 g/mol. The number of hydrogen-bond acceptors (Lipinski definition) is 2. The van der Waals surface area contributed by atoms with E-state index >= 15 is 0 Å². The molecule has 0 heterocycles. The van der Waals surface area contributed by atoms with Gasteiger partial charge in [0.25, 0.3) is 0 Å². The number of halogens is 2. The summed E-state index contributed by atoms with van der Waals surface area (Å²) < 4.78 is 4.68. The fraction of sp³-hybridized carbons (Fsp3) is 0.500. The van der Waals surface area contributed by atoms with Gasteiger partial charge < -0.3 is 9.13 Å². The van der Waals surface area contributed by atoms with E-state index in [9.17, 15) is 0 Å². The third-order valence-electron chi connectivity index (χ3n) is 6.91. The largest absolute Gasteiger partial charge is 2.00 e. The molecule has 0 aromatic heterocycles. The van der Waals surface area contributed by atoms with Crippen molar-refractivity contribution in [2.45, 2.75) is 69.2 Å². The molecule has 2 aliphatic rings. The summed E-state index contributed by atoms with van der Waals surface area (Å²) >= 11 is 0. The molecule has 0 aromatic carbocycles. The van der Waals surface area contributed by atoms with Crippen LogP contribution >= 0.6 is 24.8 Å². The SMILES string of the molecule is C=CCN(CC=C)[SiH]N(CC=C)CC=C.CC1=[C-]C(C)(C)C(C)=C1C.CC1=[C-]C(C)(C)C(C)=C1C.Cl.Cl.[Zr+2]. The number of rotatable bonds is 10. The maximum absolute atomic E-state index is 3.76. The van der Waals surface area contributed by atoms with Gasteiger partial charge in [0.15, 0.2) is 0 Å². The van der Waals surface area contributed by atoms with Crippen molar-refractivity contribution in [1.29, 1.82) is 0 Å². The number of allylic oxidation sites excluding steroid dienone is 8. The van der Waals surface area contributed by atoms with Crippen LogP contribution in [0.25, 0.3) is 0 Å². The maximum atomic E-state index is 3.76. The number of nitrogens with zero attached hydrogens (tertiary/aromatic N) is 2. The van der Waals surface area contributed by atoms with E-state index < -0.39 is 0 Å². The quantitative estimate of drug-likeness (QED) is 0.132. The standard InChI is InChI=1S/C12H21N2Si.2C10H15.2ClH.Zr/c1-5-9-13(10-6-2)15-14(11-7-3)12-8-4;2*1-7-6-10(4,5)9(3)8(7)2;;;/h5-8,15H,1-4,9-12H2;2*1-5H3;2*1H;/q;2*-1;;;+2. The van der Waals surface area contributed by atoms with Crippen molar-refractivity contribution in [2.24, 2.45) is 10.8 Å². The van der Waals surface area contributed by atoms with Gasteiger partial charge in [-0.05, 0) is 0 Å². The van der Waals surface area contributed by atoms with Gasteiger partial charge in [-0.1, -0.05) is 90.5 Å². The van der Waals surface area contributed by atoms with E-state index in [1.165, 1.54) is 33.4 Å². The molecule has 0 atom stereocenters. The molecule has 213 valence electrons. The second-order valence-corrected chi connectivity index (χ2v) is 12.1. The molecule has 0 amide bonds. The first-order valence-electron chi connectivity index (χ1n) is 12.5. The second kappa shape index (κ2) is 21.3. The molecule has 2 rings (SSSR count). The van der Waals surface area contributed by atoms with Crippen LogP contribution in [0.4, 0.5) is 0 Å². The van der Waals surface area contributed by atoms with Crippen LogP contribution in [0.5, 0.6) is 0 Å². The molecule has 6 heteroatoms. The van der Waals surface area contributed by atoms with E-state index in [4.69, 9.17) is 0 Å². The first kappa shape index (κ1) is 44.5. The van der Waals surface area contributed by atoms with Gasteiger partial charge in [0.05, 0.1) is 0 Å². The van der Waals surface area contributed by atoms with Crippen molar-refractivity contribution >= 4 is 34.7 Å². The summed E-state index contributed by atoms with van der Waals surface area (Å²) in [6.45, 7) is 40.5. The van der Waals surface area contributed by atoms with Crippen LogP contribution in [0.3, 0.4) is 0 Å². The Bertz CT molecular complexity index is 803. The van der Waals surface area contributed by atoms with Crippen LogP contribution < -0.4 is 0 Å². The van der Waals surface area contributed by atoms with Crippen LogP contribution in [0, 0.1) is 23.0 Å². The van der Waals surface area contributed by atoms with Gasteiger partial charge in [-0.15, -0.1) is 65.0 Å². The van der Waals surface area contributed by atoms with Crippen LogP contribution in [-0.2, 0) is 26.2 Å². The summed E-state index contributed by atoms with van der Waals surface area (Å²) in [5.74, 6) is 0. The molecule has 0 aromatic rings. The number of hydrogen-bond donors (Lipinski definition) is 0. The van der Waals surface area contributed by atoms with Crippen molar-refractivity contribution in [1.82, 2.24) is 9.13 Å². The summed E-state index contributed by atoms with van der Waals surface area (Å²) in [6.07, 6.45) is 14.6. The summed E-state index contributed by atoms with van der Waals surface area (Å²) in [5, 5.41) is 0. The van der Waals surface area contributed by atoms with Crippen LogP contribution in [-0.4, -0.2) is 45.2 Å². The Labute approximate surface area is 270 Å². The fourth-order valence-corrected chi connectivity index (χ4v) is 5.48. The van der Waals surface area contributed by atoms with E-state index in [0.717, 1.165) is 26.2 Å². The van der Waals surface area contributed by atoms with Crippen LogP contribution in [0.2, 0.25) is 0 Å². The predicted molar refractivity (Wildman–Crippen MR) is 175 cm³/mol. The van der Waals surface area contributed by atoms with Gasteiger partial charge in [0, 0.05) is 26.2 Å². The zero-order chi connectivity index (χ0) is 27.4. The molecule has 2 nitrogen and oxygen atoms in total. The Kier molecular flexibility index (Phi) is 25.0. The molecule has 2 aliphatic carbocycles. The zero-order valence-corrected chi connectivity index (χ0v) is 31.0. The summed E-state index contributed by atoms with van der Waals surface area (Å²) in [6, 6.07) is 0. The van der Waals surface area contributed by atoms with Crippen LogP contribution in [0.15, 0.2) is 84.1 Å². The predicted octanol–water partition coefficient (Wildman–Crippen LogP) is 8.67. The Hall–Kier alpha value is -0.480. The molecule has 38 heavy (non-hydrogen) atoms. The van der Waals surface area contributed by atoms with Crippen LogP contribution in [0.1, 0.15) is 69.2 Å². The van der Waals surface area contributed by atoms with Gasteiger partial charge in [-0.2, -0.15) is 22.3 Å². The molecule has 0 spiro atoms. The van der Waals surface area contributed by atoms with Gasteiger partial charge in [-0.3, -0.25) is 12.2 Å². The van der Waals surface area contributed by atoms with Gasteiger partial charge >= 0.3 is 26.2 Å². The topological polar surface area (TPSA) is 6.48 Å². The van der Waals surface area contributed by atoms with E-state index in [0.29, 0.717) is 0 Å². The minimum atomic E-state index is 0. The van der Waals surface area contributed by atoms with Crippen molar-refractivity contribution in [3.63, 3.8) is 0 Å². The molecular formula is C32H53Cl2N2SiZr. The van der Waals surface area contributed by atoms with E-state index in [1.807, 2.05) is 24.3 Å². The molecule has 0 unspecified atom stereocenters. The van der Waals surface area contributed by atoms with Crippen molar-refractivity contribution in [3.8, 4) is 0 Å². The maximum Gasteiger partial charge on any atom is 2.00 e. The van der Waals surface area contributed by atoms with Gasteiger partial charge in [0.2, 0.25) is 9.84 Å². The second-order valence-electron chi connectivity index (χ2n) is 10.4. The van der Waals surface area contributed by atoms with Gasteiger partial charge in [0.1, 0.15) is 0 Å². The first-order chi connectivity index (χ1) is 16.2. The third-order valence-corrected chi connectivity index (χ3v) is 8.40. The molecule has 0 fully saturated rings. The molecule has 0 bridgehead atoms. The third kappa shape index (κ3) is 14.8. The molecule has 0 saturated heterocycles. The first-order valence-corrected chi connectivity index (χ1v) is 13.6. The Morgan fingerprint density at radius 3 is 0.947 bits per heavy atom. The van der Waals surface area contributed by atoms with E-state index in [1.54, 1.807) is 0 Å². The summed E-state index contributed by atoms with van der Waals surface area (Å²) in [4.78, 5) is 0. The smallest absolute Gasteiger partial charge is 0.307 e. The molecule has 1 radical (unpaired) electrons. The van der Waals surface area contributed by atoms with E-state index in [2.05, 4.69) is 117 Å². The Morgan fingerprint density at radius 2 is 0.842 bits per heavy atom. The minimum Gasteiger partial charge on any atom is -0.307 e. The minimum absolute atomic E-state index is 0. The average Bonchev–Trinajstić information content (AvgIpc) is 3.06. The van der Waals surface area contributed by atoms with Gasteiger partial charge in [-0.25, -0.2) is 11.1 Å². The van der Waals surface area contributed by atoms with E-state index in [-0.39, 0.29) is 71.7 Å². The monoisotopic (exact) mass is 653 g/mol. The van der Waals surface area contributed by atoms with Crippen molar-refractivity contribution in [3.05, 3.63) is 96.2 Å². The normalized spacial score (nSPS) is 16.4. The fourth-order valence-electron chi connectivity index (χ4n) is 4.04. The van der Waals surface area contributed by atoms with Crippen molar-refractivity contribution in [2.75, 3.05) is 26.2 Å². The van der Waals surface area contributed by atoms with Crippen molar-refractivity contribution < 1.29 is 26.2 Å².